The van der Waals surface area contributed by atoms with Gasteiger partial charge in [0.2, 0.25) is 5.95 Å². The molecule has 3 rings (SSSR count). The molecule has 0 saturated carbocycles. The summed E-state index contributed by atoms with van der Waals surface area (Å²) in [5, 5.41) is 4.25. The molecule has 0 bridgehead atoms. The Morgan fingerprint density at radius 1 is 1.32 bits per heavy atom. The number of hydrogen-bond donors (Lipinski definition) is 0. The Kier molecular flexibility index (Phi) is 4.12. The number of carbonyl (C=O) groups excluding carboxylic acids is 1. The van der Waals surface area contributed by atoms with E-state index in [1.54, 1.807) is 6.07 Å². The molecule has 3 aromatic heterocycles. The molecule has 128 valence electrons. The minimum atomic E-state index is -0.891. The van der Waals surface area contributed by atoms with Gasteiger partial charge in [-0.25, -0.2) is 9.97 Å². The van der Waals surface area contributed by atoms with Crippen molar-refractivity contribution in [2.45, 2.75) is 26.2 Å². The lowest BCUT2D eigenvalue weighted by molar-refractivity contribution is 0.112. The Labute approximate surface area is 147 Å². The summed E-state index contributed by atoms with van der Waals surface area (Å²) < 4.78 is 15.4. The molecule has 6 nitrogen and oxygen atoms in total. The van der Waals surface area contributed by atoms with Crippen LogP contribution in [0.4, 0.5) is 4.39 Å². The van der Waals surface area contributed by atoms with Gasteiger partial charge in [-0.3, -0.25) is 9.59 Å². The maximum Gasteiger partial charge on any atom is 0.285 e. The van der Waals surface area contributed by atoms with Crippen LogP contribution in [-0.2, 0) is 5.41 Å². The summed E-state index contributed by atoms with van der Waals surface area (Å²) in [6.45, 7) is 5.67. The smallest absolute Gasteiger partial charge is 0.285 e. The van der Waals surface area contributed by atoms with Crippen molar-refractivity contribution >= 4 is 28.7 Å². The topological polar surface area (TPSA) is 77.7 Å². The maximum absolute atomic E-state index is 14.5. The summed E-state index contributed by atoms with van der Waals surface area (Å²) in [6, 6.07) is 3.04. The number of fused-ring (bicyclic) bond motifs is 1. The third-order valence-electron chi connectivity index (χ3n) is 3.73. The Balaban J connectivity index is 2.33. The van der Waals surface area contributed by atoms with Gasteiger partial charge in [0.25, 0.3) is 5.56 Å². The van der Waals surface area contributed by atoms with Gasteiger partial charge in [-0.2, -0.15) is 14.2 Å². The fourth-order valence-electron chi connectivity index (χ4n) is 2.38. The van der Waals surface area contributed by atoms with Crippen LogP contribution < -0.4 is 5.56 Å². The van der Waals surface area contributed by atoms with Gasteiger partial charge < -0.3 is 0 Å². The maximum atomic E-state index is 14.5. The van der Waals surface area contributed by atoms with Gasteiger partial charge in [-0.1, -0.05) is 32.4 Å². The van der Waals surface area contributed by atoms with Crippen molar-refractivity contribution in [3.63, 3.8) is 0 Å². The van der Waals surface area contributed by atoms with Crippen LogP contribution in [0.2, 0.25) is 5.02 Å². The van der Waals surface area contributed by atoms with Crippen LogP contribution in [0.5, 0.6) is 0 Å². The minimum absolute atomic E-state index is 0.00204. The lowest BCUT2D eigenvalue weighted by Crippen LogP contribution is -2.25. The molecule has 25 heavy (non-hydrogen) atoms. The molecule has 0 fully saturated rings. The molecule has 0 saturated heterocycles. The van der Waals surface area contributed by atoms with Crippen LogP contribution in [0.3, 0.4) is 0 Å². The summed E-state index contributed by atoms with van der Waals surface area (Å²) in [6.07, 6.45) is 3.15. The zero-order valence-corrected chi connectivity index (χ0v) is 14.5. The Hall–Kier alpha value is -2.67. The zero-order valence-electron chi connectivity index (χ0n) is 13.7. The second-order valence-corrected chi connectivity index (χ2v) is 6.93. The molecule has 0 N–H and O–H groups in total. The number of carbonyl (C=O) groups is 1. The highest BCUT2D eigenvalue weighted by Gasteiger charge is 2.21. The van der Waals surface area contributed by atoms with E-state index in [1.165, 1.54) is 18.5 Å². The van der Waals surface area contributed by atoms with E-state index < -0.39 is 11.5 Å². The van der Waals surface area contributed by atoms with Crippen molar-refractivity contribution < 1.29 is 9.18 Å². The van der Waals surface area contributed by atoms with Gasteiger partial charge in [0, 0.05) is 22.7 Å². The normalized spacial score (nSPS) is 11.7. The molecule has 0 aliphatic carbocycles. The van der Waals surface area contributed by atoms with Crippen molar-refractivity contribution in [1.29, 1.82) is 0 Å². The first-order chi connectivity index (χ1) is 11.7. The molecule has 3 heterocycles. The van der Waals surface area contributed by atoms with E-state index in [1.807, 2.05) is 20.8 Å². The number of rotatable bonds is 2. The van der Waals surface area contributed by atoms with Crippen molar-refractivity contribution in [2.75, 3.05) is 0 Å². The van der Waals surface area contributed by atoms with Crippen molar-refractivity contribution in [1.82, 2.24) is 19.7 Å². The molecule has 0 aliphatic rings. The predicted molar refractivity (Wildman–Crippen MR) is 92.0 cm³/mol. The van der Waals surface area contributed by atoms with E-state index in [9.17, 15) is 14.0 Å². The first kappa shape index (κ1) is 17.2. The molecular weight excluding hydrogens is 347 g/mol. The fraction of sp³-hybridized carbons (Fsp3) is 0.235. The van der Waals surface area contributed by atoms with Crippen molar-refractivity contribution in [3.05, 3.63) is 57.1 Å². The molecule has 0 aliphatic heterocycles. The first-order valence-electron chi connectivity index (χ1n) is 7.43. The Morgan fingerprint density at radius 2 is 2.04 bits per heavy atom. The lowest BCUT2D eigenvalue weighted by atomic mass is 9.91. The number of pyridine rings is 2. The van der Waals surface area contributed by atoms with Gasteiger partial charge in [0.1, 0.15) is 5.39 Å². The number of aldehydes is 1. The van der Waals surface area contributed by atoms with Crippen LogP contribution >= 0.6 is 11.6 Å². The van der Waals surface area contributed by atoms with Gasteiger partial charge in [0.15, 0.2) is 12.1 Å². The monoisotopic (exact) mass is 360 g/mol. The highest BCUT2D eigenvalue weighted by atomic mass is 35.5. The molecule has 3 aromatic rings. The van der Waals surface area contributed by atoms with E-state index in [0.29, 0.717) is 17.4 Å². The second kappa shape index (κ2) is 6.00. The summed E-state index contributed by atoms with van der Waals surface area (Å²) in [4.78, 5) is 31.9. The molecule has 0 unspecified atom stereocenters. The Morgan fingerprint density at radius 3 is 2.68 bits per heavy atom. The predicted octanol–water partition coefficient (Wildman–Crippen LogP) is 3.08. The number of halogens is 2. The number of nitrogens with zero attached hydrogens (tertiary/aromatic N) is 4. The van der Waals surface area contributed by atoms with Crippen molar-refractivity contribution in [2.24, 2.45) is 0 Å². The average molecular weight is 361 g/mol. The SMILES string of the molecule is CC(C)(C)c1cc2cnn(-c3nccc(Cl)c3C=O)c(=O)c2c(F)n1. The van der Waals surface area contributed by atoms with Gasteiger partial charge >= 0.3 is 0 Å². The average Bonchev–Trinajstić information content (AvgIpc) is 2.53. The van der Waals surface area contributed by atoms with Crippen LogP contribution in [0, 0.1) is 5.95 Å². The summed E-state index contributed by atoms with van der Waals surface area (Å²) in [5.41, 5.74) is -0.646. The number of aromatic nitrogens is 4. The van der Waals surface area contributed by atoms with E-state index in [4.69, 9.17) is 11.6 Å². The van der Waals surface area contributed by atoms with Crippen molar-refractivity contribution in [3.8, 4) is 5.82 Å². The van der Waals surface area contributed by atoms with Crippen LogP contribution in [0.15, 0.2) is 29.3 Å². The van der Waals surface area contributed by atoms with Gasteiger partial charge in [-0.05, 0) is 12.1 Å². The van der Waals surface area contributed by atoms with E-state index in [-0.39, 0.29) is 27.2 Å². The van der Waals surface area contributed by atoms with E-state index in [0.717, 1.165) is 4.68 Å². The standard InChI is InChI=1S/C17H14ClFN4O2/c1-17(2,3)12-6-9-7-21-23(16(25)13(9)14(19)22-12)15-10(8-24)11(18)4-5-20-15/h4-8H,1-3H3. The molecular formula is C17H14ClFN4O2. The molecule has 0 radical (unpaired) electrons. The molecule has 0 spiro atoms. The largest absolute Gasteiger partial charge is 0.298 e. The molecule has 0 amide bonds. The summed E-state index contributed by atoms with van der Waals surface area (Å²) >= 11 is 5.95. The fourth-order valence-corrected chi connectivity index (χ4v) is 2.56. The third kappa shape index (κ3) is 2.91. The minimum Gasteiger partial charge on any atom is -0.298 e. The van der Waals surface area contributed by atoms with Gasteiger partial charge in [0.05, 0.1) is 16.8 Å². The third-order valence-corrected chi connectivity index (χ3v) is 4.06. The number of hydrogen-bond acceptors (Lipinski definition) is 5. The summed E-state index contributed by atoms with van der Waals surface area (Å²) in [5.74, 6) is -0.952. The highest BCUT2D eigenvalue weighted by molar-refractivity contribution is 6.33. The first-order valence-corrected chi connectivity index (χ1v) is 7.81. The molecule has 8 heteroatoms. The quantitative estimate of drug-likeness (QED) is 0.518. The molecule has 0 aromatic carbocycles. The van der Waals surface area contributed by atoms with Crippen LogP contribution in [0.1, 0.15) is 36.8 Å². The van der Waals surface area contributed by atoms with E-state index >= 15 is 0 Å². The highest BCUT2D eigenvalue weighted by Crippen LogP contribution is 2.24. The van der Waals surface area contributed by atoms with Crippen LogP contribution in [-0.4, -0.2) is 26.0 Å². The van der Waals surface area contributed by atoms with Crippen LogP contribution in [0.25, 0.3) is 16.6 Å². The second-order valence-electron chi connectivity index (χ2n) is 6.52. The molecule has 0 atom stereocenters. The Bertz CT molecular complexity index is 1060. The van der Waals surface area contributed by atoms with Gasteiger partial charge in [-0.15, -0.1) is 0 Å². The lowest BCUT2D eigenvalue weighted by Gasteiger charge is -2.18. The van der Waals surface area contributed by atoms with E-state index in [2.05, 4.69) is 15.1 Å². The summed E-state index contributed by atoms with van der Waals surface area (Å²) in [7, 11) is 0. The zero-order chi connectivity index (χ0) is 18.4.